The lowest BCUT2D eigenvalue weighted by molar-refractivity contribution is -0.0646. The molecule has 1 aromatic rings. The van der Waals surface area contributed by atoms with Gasteiger partial charge in [-0.25, -0.2) is 0 Å². The third kappa shape index (κ3) is 5.28. The molecule has 2 aliphatic rings. The molecule has 0 aromatic heterocycles. The van der Waals surface area contributed by atoms with Crippen LogP contribution in [0.5, 0.6) is 0 Å². The minimum atomic E-state index is -0.397. The predicted octanol–water partition coefficient (Wildman–Crippen LogP) is 2.56. The van der Waals surface area contributed by atoms with Gasteiger partial charge in [0, 0.05) is 25.8 Å². The number of hydrogen-bond acceptors (Lipinski definition) is 4. The standard InChI is InChI=1S/C20H31NO3/c1-16-4-6-17(7-5-16)13-18-3-2-10-21(18)14-19(22)15-24-20-8-11-23-12-9-20/h4-7,18-20,22H,2-3,8-15H2,1H3. The van der Waals surface area contributed by atoms with E-state index in [-0.39, 0.29) is 6.10 Å². The number of ether oxygens (including phenoxy) is 2. The van der Waals surface area contributed by atoms with E-state index in [4.69, 9.17) is 9.47 Å². The lowest BCUT2D eigenvalue weighted by Gasteiger charge is -2.28. The lowest BCUT2D eigenvalue weighted by Crippen LogP contribution is -2.40. The number of nitrogens with zero attached hydrogens (tertiary/aromatic N) is 1. The zero-order chi connectivity index (χ0) is 16.8. The quantitative estimate of drug-likeness (QED) is 0.833. The smallest absolute Gasteiger partial charge is 0.0900 e. The Morgan fingerprint density at radius 3 is 2.71 bits per heavy atom. The Hall–Kier alpha value is -0.940. The Balaban J connectivity index is 1.43. The second kappa shape index (κ2) is 8.95. The molecule has 4 nitrogen and oxygen atoms in total. The van der Waals surface area contributed by atoms with Crippen LogP contribution in [0, 0.1) is 6.92 Å². The summed E-state index contributed by atoms with van der Waals surface area (Å²) in [7, 11) is 0. The van der Waals surface area contributed by atoms with E-state index in [1.807, 2.05) is 0 Å². The number of aliphatic hydroxyl groups excluding tert-OH is 1. The summed E-state index contributed by atoms with van der Waals surface area (Å²) in [5.74, 6) is 0. The maximum absolute atomic E-state index is 10.4. The average molecular weight is 333 g/mol. The van der Waals surface area contributed by atoms with Gasteiger partial charge in [0.2, 0.25) is 0 Å². The van der Waals surface area contributed by atoms with E-state index < -0.39 is 6.10 Å². The summed E-state index contributed by atoms with van der Waals surface area (Å²) >= 11 is 0. The van der Waals surface area contributed by atoms with Crippen molar-refractivity contribution >= 4 is 0 Å². The van der Waals surface area contributed by atoms with E-state index in [0.717, 1.165) is 45.6 Å². The van der Waals surface area contributed by atoms with Gasteiger partial charge >= 0.3 is 0 Å². The Bertz CT molecular complexity index is 484. The highest BCUT2D eigenvalue weighted by molar-refractivity contribution is 5.22. The van der Waals surface area contributed by atoms with Crippen LogP contribution in [0.15, 0.2) is 24.3 Å². The van der Waals surface area contributed by atoms with Crippen LogP contribution in [-0.4, -0.2) is 61.2 Å². The topological polar surface area (TPSA) is 41.9 Å². The zero-order valence-corrected chi connectivity index (χ0v) is 14.8. The van der Waals surface area contributed by atoms with Crippen molar-refractivity contribution in [3.63, 3.8) is 0 Å². The summed E-state index contributed by atoms with van der Waals surface area (Å²) in [6.45, 7) is 5.94. The van der Waals surface area contributed by atoms with Crippen LogP contribution in [0.3, 0.4) is 0 Å². The molecule has 2 unspecified atom stereocenters. The number of aliphatic hydroxyl groups is 1. The molecule has 2 aliphatic heterocycles. The molecule has 2 atom stereocenters. The van der Waals surface area contributed by atoms with Crippen molar-refractivity contribution < 1.29 is 14.6 Å². The Morgan fingerprint density at radius 1 is 1.21 bits per heavy atom. The second-order valence-corrected chi connectivity index (χ2v) is 7.28. The first-order valence-corrected chi connectivity index (χ1v) is 9.37. The van der Waals surface area contributed by atoms with E-state index >= 15 is 0 Å². The van der Waals surface area contributed by atoms with Crippen LogP contribution in [0.4, 0.5) is 0 Å². The Labute approximate surface area is 145 Å². The van der Waals surface area contributed by atoms with Crippen molar-refractivity contribution in [1.29, 1.82) is 0 Å². The van der Waals surface area contributed by atoms with Crippen molar-refractivity contribution in [2.75, 3.05) is 32.9 Å². The van der Waals surface area contributed by atoms with Gasteiger partial charge in [0.25, 0.3) is 0 Å². The molecule has 0 radical (unpaired) electrons. The molecule has 3 rings (SSSR count). The predicted molar refractivity (Wildman–Crippen MR) is 95.3 cm³/mol. The average Bonchev–Trinajstić information content (AvgIpc) is 3.03. The minimum absolute atomic E-state index is 0.260. The molecule has 0 saturated carbocycles. The summed E-state index contributed by atoms with van der Waals surface area (Å²) < 4.78 is 11.2. The summed E-state index contributed by atoms with van der Waals surface area (Å²) in [6.07, 6.45) is 5.29. The van der Waals surface area contributed by atoms with Gasteiger partial charge in [-0.1, -0.05) is 29.8 Å². The Morgan fingerprint density at radius 2 is 1.96 bits per heavy atom. The molecule has 2 heterocycles. The summed E-state index contributed by atoms with van der Waals surface area (Å²) in [4.78, 5) is 2.44. The van der Waals surface area contributed by atoms with Gasteiger partial charge in [0.15, 0.2) is 0 Å². The van der Waals surface area contributed by atoms with E-state index in [1.54, 1.807) is 0 Å². The van der Waals surface area contributed by atoms with Gasteiger partial charge in [0.1, 0.15) is 0 Å². The van der Waals surface area contributed by atoms with Crippen LogP contribution in [-0.2, 0) is 15.9 Å². The highest BCUT2D eigenvalue weighted by Crippen LogP contribution is 2.22. The molecule has 4 heteroatoms. The van der Waals surface area contributed by atoms with Crippen LogP contribution in [0.1, 0.15) is 36.8 Å². The van der Waals surface area contributed by atoms with Gasteiger partial charge in [-0.3, -0.25) is 4.90 Å². The highest BCUT2D eigenvalue weighted by Gasteiger charge is 2.27. The van der Waals surface area contributed by atoms with Crippen LogP contribution in [0.25, 0.3) is 0 Å². The highest BCUT2D eigenvalue weighted by atomic mass is 16.5. The molecular weight excluding hydrogens is 302 g/mol. The monoisotopic (exact) mass is 333 g/mol. The van der Waals surface area contributed by atoms with E-state index in [9.17, 15) is 5.11 Å². The maximum Gasteiger partial charge on any atom is 0.0900 e. The molecule has 2 saturated heterocycles. The van der Waals surface area contributed by atoms with E-state index in [0.29, 0.717) is 12.6 Å². The number of β-amino-alcohol motifs (C(OH)–C–C–N with tert-alkyl or cyclic N) is 1. The Kier molecular flexibility index (Phi) is 6.67. The van der Waals surface area contributed by atoms with Crippen molar-refractivity contribution in [3.05, 3.63) is 35.4 Å². The molecule has 1 aromatic carbocycles. The normalized spacial score (nSPS) is 24.3. The molecule has 2 fully saturated rings. The third-order valence-corrected chi connectivity index (χ3v) is 5.23. The zero-order valence-electron chi connectivity index (χ0n) is 14.8. The van der Waals surface area contributed by atoms with Gasteiger partial charge < -0.3 is 14.6 Å². The number of benzene rings is 1. The van der Waals surface area contributed by atoms with Gasteiger partial charge in [-0.05, 0) is 51.1 Å². The van der Waals surface area contributed by atoms with E-state index in [1.165, 1.54) is 24.0 Å². The largest absolute Gasteiger partial charge is 0.389 e. The van der Waals surface area contributed by atoms with Gasteiger partial charge in [0.05, 0.1) is 18.8 Å². The van der Waals surface area contributed by atoms with Gasteiger partial charge in [-0.2, -0.15) is 0 Å². The minimum Gasteiger partial charge on any atom is -0.389 e. The first-order valence-electron chi connectivity index (χ1n) is 9.37. The number of rotatable bonds is 7. The number of hydrogen-bond donors (Lipinski definition) is 1. The van der Waals surface area contributed by atoms with Crippen molar-refractivity contribution in [3.8, 4) is 0 Å². The van der Waals surface area contributed by atoms with Crippen molar-refractivity contribution in [2.45, 2.75) is 57.3 Å². The maximum atomic E-state index is 10.4. The van der Waals surface area contributed by atoms with Crippen molar-refractivity contribution in [2.24, 2.45) is 0 Å². The summed E-state index contributed by atoms with van der Waals surface area (Å²) in [5, 5.41) is 10.4. The van der Waals surface area contributed by atoms with Crippen LogP contribution < -0.4 is 0 Å². The molecule has 0 bridgehead atoms. The van der Waals surface area contributed by atoms with Gasteiger partial charge in [-0.15, -0.1) is 0 Å². The fourth-order valence-electron chi connectivity index (χ4n) is 3.78. The third-order valence-electron chi connectivity index (χ3n) is 5.23. The first kappa shape index (κ1) is 17.9. The molecular formula is C20H31NO3. The molecule has 0 spiro atoms. The molecule has 134 valence electrons. The SMILES string of the molecule is Cc1ccc(CC2CCCN2CC(O)COC2CCOCC2)cc1. The number of aryl methyl sites for hydroxylation is 1. The summed E-state index contributed by atoms with van der Waals surface area (Å²) in [6, 6.07) is 9.38. The molecule has 0 amide bonds. The molecule has 0 aliphatic carbocycles. The second-order valence-electron chi connectivity index (χ2n) is 7.28. The fourth-order valence-corrected chi connectivity index (χ4v) is 3.78. The van der Waals surface area contributed by atoms with E-state index in [2.05, 4.69) is 36.1 Å². The van der Waals surface area contributed by atoms with Crippen LogP contribution >= 0.6 is 0 Å². The first-order chi connectivity index (χ1) is 11.7. The lowest BCUT2D eigenvalue weighted by atomic mass is 10.0. The summed E-state index contributed by atoms with van der Waals surface area (Å²) in [5.41, 5.74) is 2.70. The van der Waals surface area contributed by atoms with Crippen LogP contribution in [0.2, 0.25) is 0 Å². The molecule has 24 heavy (non-hydrogen) atoms. The number of likely N-dealkylation sites (tertiary alicyclic amines) is 1. The fraction of sp³-hybridized carbons (Fsp3) is 0.700. The van der Waals surface area contributed by atoms with Crippen molar-refractivity contribution in [1.82, 2.24) is 4.90 Å². The molecule has 1 N–H and O–H groups in total.